The number of epoxide rings is 1. The van der Waals surface area contributed by atoms with E-state index in [4.69, 9.17) is 14.2 Å². The number of carbonyl (C=O) groups excluding carboxylic acids is 3. The van der Waals surface area contributed by atoms with Crippen LogP contribution in [0.5, 0.6) is 0 Å². The number of fused-ring (bicyclic) bond motifs is 20. The average Bonchev–Trinajstić information content (AvgIpc) is 1.61. The van der Waals surface area contributed by atoms with E-state index in [1.54, 1.807) is 44.9 Å². The van der Waals surface area contributed by atoms with Crippen molar-refractivity contribution in [3.63, 3.8) is 0 Å². The summed E-state index contributed by atoms with van der Waals surface area (Å²) < 4.78 is 15.6. The van der Waals surface area contributed by atoms with Crippen LogP contribution in [0.4, 0.5) is 0 Å². The van der Waals surface area contributed by atoms with E-state index in [9.17, 15) is 14.4 Å². The maximum atomic E-state index is 12.2. The quantitative estimate of drug-likeness (QED) is 0.0296. The van der Waals surface area contributed by atoms with Crippen molar-refractivity contribution >= 4 is 17.8 Å². The molecule has 14 fully saturated rings. The molecule has 32 atom stereocenters. The lowest BCUT2D eigenvalue weighted by Gasteiger charge is -2.31. The molecule has 3 aliphatic heterocycles. The predicted molar refractivity (Wildman–Crippen MR) is 574 cm³/mol. The molecule has 0 spiro atoms. The zero-order valence-electron chi connectivity index (χ0n) is 88.0. The number of hydrogen-bond acceptors (Lipinski definition) is 6. The topological polar surface area (TPSA) is 88.7 Å². The van der Waals surface area contributed by atoms with Crippen molar-refractivity contribution in [2.75, 3.05) is 39.5 Å². The highest BCUT2D eigenvalue weighted by molar-refractivity contribution is 5.97. The van der Waals surface area contributed by atoms with Gasteiger partial charge in [0.05, 0.1) is 38.5 Å². The third-order valence-corrected chi connectivity index (χ3v) is 41.5. The molecule has 27 rings (SSSR count). The summed E-state index contributed by atoms with van der Waals surface area (Å²) in [4.78, 5) is 39.6. The number of allylic oxidation sites excluding steroid dienone is 18. The molecule has 8 heteroatoms. The van der Waals surface area contributed by atoms with E-state index in [2.05, 4.69) is 201 Å². The number of esters is 1. The fraction of sp³-hybridized carbons (Fsp3) is 0.718. The lowest BCUT2D eigenvalue weighted by molar-refractivity contribution is -0.143. The molecular formula is C131H188N2O6. The monoisotopic (exact) mass is 1890 g/mol. The van der Waals surface area contributed by atoms with Gasteiger partial charge in [-0.15, -0.1) is 0 Å². The highest BCUT2D eigenvalue weighted by Gasteiger charge is 2.50. The number of aryl methyl sites for hydroxylation is 1. The largest absolute Gasteiger partial charge is 0.466 e. The zero-order valence-corrected chi connectivity index (χ0v) is 88.0. The molecule has 32 unspecified atom stereocenters. The third-order valence-electron chi connectivity index (χ3n) is 41.5. The minimum atomic E-state index is -0.0452. The van der Waals surface area contributed by atoms with Gasteiger partial charge in [-0.3, -0.25) is 14.4 Å². The molecule has 3 heterocycles. The molecule has 0 aromatic heterocycles. The van der Waals surface area contributed by atoms with Gasteiger partial charge in [0, 0.05) is 30.7 Å². The second kappa shape index (κ2) is 48.9. The maximum Gasteiger partial charge on any atom is 0.306 e. The van der Waals surface area contributed by atoms with Crippen molar-refractivity contribution in [3.05, 3.63) is 203 Å². The molecule has 8 nitrogen and oxygen atoms in total. The van der Waals surface area contributed by atoms with E-state index in [0.717, 1.165) is 247 Å². The van der Waals surface area contributed by atoms with Gasteiger partial charge in [0.15, 0.2) is 0 Å². The number of nitrogens with zero attached hydrogens (tertiary/aromatic N) is 2. The van der Waals surface area contributed by atoms with E-state index >= 15 is 0 Å². The molecule has 2 aromatic carbocycles. The Morgan fingerprint density at radius 3 is 1.19 bits per heavy atom. The third kappa shape index (κ3) is 27.2. The molecule has 2 amide bonds. The first kappa shape index (κ1) is 102. The average molecular weight is 1890 g/mol. The summed E-state index contributed by atoms with van der Waals surface area (Å²) in [5.41, 5.74) is 8.99. The van der Waals surface area contributed by atoms with E-state index < -0.39 is 0 Å². The molecule has 0 N–H and O–H groups in total. The predicted octanol–water partition coefficient (Wildman–Crippen LogP) is 31.8. The minimum Gasteiger partial charge on any atom is -0.466 e. The van der Waals surface area contributed by atoms with Crippen LogP contribution in [-0.2, 0) is 41.4 Å². The summed E-state index contributed by atoms with van der Waals surface area (Å²) in [6.07, 6.45) is 108. The van der Waals surface area contributed by atoms with Gasteiger partial charge in [-0.25, -0.2) is 0 Å². The Balaban J connectivity index is 0.000000100. The smallest absolute Gasteiger partial charge is 0.306 e. The lowest BCUT2D eigenvalue weighted by Crippen LogP contribution is -2.34. The lowest BCUT2D eigenvalue weighted by atomic mass is 9.74. The number of benzene rings is 2. The fourth-order valence-electron chi connectivity index (χ4n) is 32.6. The molecule has 13 saturated carbocycles. The van der Waals surface area contributed by atoms with Gasteiger partial charge in [-0.05, 0) is 466 Å². The Morgan fingerprint density at radius 2 is 0.791 bits per heavy atom. The summed E-state index contributed by atoms with van der Waals surface area (Å²) in [6, 6.07) is 22.5. The Morgan fingerprint density at radius 1 is 0.367 bits per heavy atom. The van der Waals surface area contributed by atoms with E-state index in [0.29, 0.717) is 31.2 Å². The number of amides is 2. The first-order chi connectivity index (χ1) is 67.9. The zero-order chi connectivity index (χ0) is 95.2. The van der Waals surface area contributed by atoms with Crippen molar-refractivity contribution in [1.29, 1.82) is 0 Å². The summed E-state index contributed by atoms with van der Waals surface area (Å²) in [6.45, 7) is 19.4. The molecular weight excluding hydrogens is 1700 g/mol. The Kier molecular flexibility index (Phi) is 35.8. The highest BCUT2D eigenvalue weighted by atomic mass is 16.6. The van der Waals surface area contributed by atoms with E-state index in [1.165, 1.54) is 259 Å². The summed E-state index contributed by atoms with van der Waals surface area (Å²) in [7, 11) is 0. The van der Waals surface area contributed by atoms with Crippen molar-refractivity contribution in [2.24, 2.45) is 183 Å². The summed E-state index contributed by atoms with van der Waals surface area (Å²) in [5, 5.41) is 0. The Bertz CT molecular complexity index is 4650. The molecule has 22 aliphatic carbocycles. The van der Waals surface area contributed by atoms with Crippen LogP contribution >= 0.6 is 0 Å². The van der Waals surface area contributed by atoms with Crippen LogP contribution in [0.3, 0.4) is 0 Å². The van der Waals surface area contributed by atoms with Crippen LogP contribution in [0.1, 0.15) is 349 Å². The Labute approximate surface area is 845 Å². The van der Waals surface area contributed by atoms with Crippen LogP contribution in [-0.4, -0.2) is 85.3 Å². The van der Waals surface area contributed by atoms with Crippen molar-refractivity contribution in [1.82, 2.24) is 9.80 Å². The molecule has 20 bridgehead atoms. The first-order valence-electron chi connectivity index (χ1n) is 59.5. The standard InChI is InChI=1S/C20H31NO.C18H27NO.C17H28.C15H18.C14H20.C14H16.C12H18O2.C11H16O2.C10H14/c1-14-15(2)20(22)21(16(14)3)11-7-5-4-6-8-18-12-17-9-10-19(18)13-17;1-12-13(2)18(20)19(14(12)3)9-5-4-6-16-10-15-7-8-17(16)11-15;1(2-4-6-14-8-9-14)3-5-7-16-12-15-10-11-17(16)13-15;1-2-4-12(5-3-1)6-8-14-10-13-7-9-15(14)11-13;1-3-11-5-9(1)7-13(11)14-8-10-2-4-12(14)6-10;1-2-4-11(5-3-1)8-14-10-12-6-7-13(14)9-12;1-2-14-12(13)6-5-11-8-9-3-4-10(11)7-9;1-2-9-3-8(1)4-10(9)5-12-6-11-7-13-11;1-2-9-5-7(1)6-10(9)8-3-4-8/h9-10,16-19H,4-8,11-13H2,1-3H3;7-8,14-17H,4-6,9-11H2,1-3H3;10-11,14-17H,1-9,12-13H2;1-5,7,9,13-15H,6,8,10-11H2;1,3,9-14H,2,4-8H2;1-7,12-14H,8-10H2;8-10H,2-7H2,1H3;1-2,8-11H,3-7H2;1-2,7-10H,3-6H2. The van der Waals surface area contributed by atoms with Gasteiger partial charge >= 0.3 is 5.97 Å². The number of ether oxygens (including phenoxy) is 3. The molecule has 139 heavy (non-hydrogen) atoms. The number of unbranched alkanes of at least 4 members (excludes halogenated alkanes) is 8. The first-order valence-corrected chi connectivity index (χ1v) is 59.5. The second-order valence-corrected chi connectivity index (χ2v) is 50.8. The van der Waals surface area contributed by atoms with Gasteiger partial charge < -0.3 is 24.0 Å². The van der Waals surface area contributed by atoms with Crippen molar-refractivity contribution in [3.8, 4) is 0 Å². The molecule has 0 radical (unpaired) electrons. The summed E-state index contributed by atoms with van der Waals surface area (Å²) in [5.74, 6) is 30.6. The summed E-state index contributed by atoms with van der Waals surface area (Å²) >= 11 is 0. The van der Waals surface area contributed by atoms with Gasteiger partial charge in [-0.2, -0.15) is 0 Å². The van der Waals surface area contributed by atoms with Crippen LogP contribution in [0.25, 0.3) is 0 Å². The number of rotatable bonds is 35. The van der Waals surface area contributed by atoms with Crippen LogP contribution in [0.2, 0.25) is 0 Å². The van der Waals surface area contributed by atoms with Crippen LogP contribution < -0.4 is 0 Å². The number of hydrogen-bond donors (Lipinski definition) is 0. The van der Waals surface area contributed by atoms with Crippen molar-refractivity contribution < 1.29 is 28.6 Å². The van der Waals surface area contributed by atoms with Crippen LogP contribution in [0, 0.1) is 183 Å². The molecule has 758 valence electrons. The minimum absolute atomic E-state index is 0.0452. The van der Waals surface area contributed by atoms with E-state index in [1.807, 2.05) is 20.8 Å². The molecule has 25 aliphatic rings. The highest BCUT2D eigenvalue weighted by Crippen LogP contribution is 2.60. The SMILES string of the molecule is C1=CC2CC1CC2C1CC1.C1=CC2CC1CC2C1CC2CCC1C2.C1=CC2CC1CC2CCCCCCCC1CC1.C1=CC2CC1CC2CCc1ccccc1.C1=CC2CC1CC2COCC1CO1.C1=CC2CC1CC2Cc1ccccc1.CC1=C(C)C(C)N(CCCCC2CC3C=CC2C3)C1=O.CC1=C(C)C(C)N(CCCCCCC2CC3C=CC2C3)C1=O.CCOC(=O)CCC1=CC2CCC1C2. The number of carbonyl (C=O) groups is 3. The van der Waals surface area contributed by atoms with Gasteiger partial charge in [0.1, 0.15) is 6.10 Å². The van der Waals surface area contributed by atoms with Crippen molar-refractivity contribution in [2.45, 2.75) is 368 Å². The van der Waals surface area contributed by atoms with Gasteiger partial charge in [0.25, 0.3) is 0 Å². The Hall–Kier alpha value is -6.09. The van der Waals surface area contributed by atoms with Crippen LogP contribution in [0.15, 0.2) is 192 Å². The second-order valence-electron chi connectivity index (χ2n) is 50.8. The molecule has 1 saturated heterocycles. The van der Waals surface area contributed by atoms with Gasteiger partial charge in [0.2, 0.25) is 11.8 Å². The van der Waals surface area contributed by atoms with E-state index in [-0.39, 0.29) is 17.8 Å². The van der Waals surface area contributed by atoms with Gasteiger partial charge in [-0.1, -0.05) is 253 Å². The normalized spacial score (nSPS) is 38.4. The fourth-order valence-corrected chi connectivity index (χ4v) is 32.6. The molecule has 2 aromatic rings. The maximum absolute atomic E-state index is 12.2.